The largest absolute Gasteiger partial charge is 0.331 e. The lowest BCUT2D eigenvalue weighted by Crippen LogP contribution is -2.52. The van der Waals surface area contributed by atoms with Crippen LogP contribution in [0.5, 0.6) is 0 Å². The quantitative estimate of drug-likeness (QED) is 0.726. The Bertz CT molecular complexity index is 692. The molecule has 0 spiro atoms. The maximum Gasteiger partial charge on any atom is 0.272 e. The summed E-state index contributed by atoms with van der Waals surface area (Å²) in [5.41, 5.74) is 0.477. The van der Waals surface area contributed by atoms with Gasteiger partial charge in [-0.15, -0.1) is 0 Å². The summed E-state index contributed by atoms with van der Waals surface area (Å²) < 4.78 is 26.8. The third-order valence-electron chi connectivity index (χ3n) is 5.84. The van der Waals surface area contributed by atoms with Crippen LogP contribution >= 0.6 is 0 Å². The average molecular weight is 401 g/mol. The number of amides is 1. The van der Waals surface area contributed by atoms with Crippen LogP contribution in [0.2, 0.25) is 0 Å². The van der Waals surface area contributed by atoms with E-state index < -0.39 is 23.7 Å². The first kappa shape index (κ1) is 23.8. The monoisotopic (exact) mass is 401 g/mol. The molecule has 4 radical (unpaired) electrons. The van der Waals surface area contributed by atoms with Crippen molar-refractivity contribution in [2.75, 3.05) is 26.2 Å². The summed E-state index contributed by atoms with van der Waals surface area (Å²) in [6.45, 7) is 9.41. The molecule has 29 heavy (non-hydrogen) atoms. The Labute approximate surface area is 176 Å². The molecule has 0 aliphatic carbocycles. The van der Waals surface area contributed by atoms with Crippen molar-refractivity contribution in [2.45, 2.75) is 58.2 Å². The molecule has 0 bridgehead atoms. The summed E-state index contributed by atoms with van der Waals surface area (Å²) in [7, 11) is 12.8. The molecule has 3 rings (SSSR count). The predicted molar refractivity (Wildman–Crippen MR) is 113 cm³/mol. The standard InChI is InChI=1S/C19H25B2F2N3O.C2H6/c1-13(2)14-6-9-26(10-7-14)19(20,21)16-5-3-4-15(24-16)17(27)25-11-8-18(22,23)12-25;1-2/h3-5,13-14H,6-12H2,1-2H3;1-2H3. The molecule has 0 atom stereocenters. The minimum atomic E-state index is -2.83. The number of rotatable bonds is 4. The summed E-state index contributed by atoms with van der Waals surface area (Å²) in [6.07, 6.45) is 1.70. The molecule has 2 aliphatic heterocycles. The Morgan fingerprint density at radius 1 is 1.21 bits per heavy atom. The van der Waals surface area contributed by atoms with Crippen molar-refractivity contribution in [3.8, 4) is 0 Å². The van der Waals surface area contributed by atoms with E-state index in [0.29, 0.717) is 17.5 Å². The van der Waals surface area contributed by atoms with Gasteiger partial charge in [0.05, 0.1) is 22.2 Å². The van der Waals surface area contributed by atoms with Crippen molar-refractivity contribution in [2.24, 2.45) is 11.8 Å². The van der Waals surface area contributed by atoms with Crippen molar-refractivity contribution in [3.05, 3.63) is 29.6 Å². The molecular formula is C21H31B2F2N3O. The van der Waals surface area contributed by atoms with E-state index in [1.165, 1.54) is 6.07 Å². The molecule has 0 N–H and O–H groups in total. The summed E-state index contributed by atoms with van der Waals surface area (Å²) in [5.74, 6) is -2.08. The van der Waals surface area contributed by atoms with Crippen LogP contribution in [-0.2, 0) is 5.34 Å². The second-order valence-electron chi connectivity index (χ2n) is 8.13. The van der Waals surface area contributed by atoms with Crippen LogP contribution in [0.25, 0.3) is 0 Å². The fourth-order valence-corrected chi connectivity index (χ4v) is 3.95. The van der Waals surface area contributed by atoms with E-state index >= 15 is 0 Å². The van der Waals surface area contributed by atoms with E-state index in [-0.39, 0.29) is 18.7 Å². The van der Waals surface area contributed by atoms with Gasteiger partial charge in [-0.05, 0) is 55.2 Å². The van der Waals surface area contributed by atoms with Gasteiger partial charge in [-0.2, -0.15) is 0 Å². The van der Waals surface area contributed by atoms with E-state index in [1.54, 1.807) is 12.1 Å². The number of hydrogen-bond donors (Lipinski definition) is 0. The minimum absolute atomic E-state index is 0.0247. The van der Waals surface area contributed by atoms with Gasteiger partial charge in [0, 0.05) is 18.7 Å². The Morgan fingerprint density at radius 2 is 1.83 bits per heavy atom. The van der Waals surface area contributed by atoms with Crippen molar-refractivity contribution >= 4 is 21.6 Å². The highest BCUT2D eigenvalue weighted by Gasteiger charge is 2.41. The third-order valence-corrected chi connectivity index (χ3v) is 5.84. The number of likely N-dealkylation sites (tertiary alicyclic amines) is 2. The fourth-order valence-electron chi connectivity index (χ4n) is 3.95. The van der Waals surface area contributed by atoms with Gasteiger partial charge in [-0.1, -0.05) is 33.8 Å². The Balaban J connectivity index is 0.00000145. The molecule has 0 saturated carbocycles. The van der Waals surface area contributed by atoms with Crippen molar-refractivity contribution in [1.29, 1.82) is 0 Å². The first-order chi connectivity index (χ1) is 13.6. The van der Waals surface area contributed by atoms with Gasteiger partial charge < -0.3 is 9.80 Å². The molecular weight excluding hydrogens is 370 g/mol. The van der Waals surface area contributed by atoms with Crippen LogP contribution in [0.15, 0.2) is 18.2 Å². The topological polar surface area (TPSA) is 36.4 Å². The number of pyridine rings is 1. The minimum Gasteiger partial charge on any atom is -0.331 e. The Kier molecular flexibility index (Phi) is 7.88. The molecule has 2 saturated heterocycles. The molecule has 3 heterocycles. The van der Waals surface area contributed by atoms with E-state index in [4.69, 9.17) is 15.7 Å². The van der Waals surface area contributed by atoms with Gasteiger partial charge in [0.2, 0.25) is 0 Å². The smallest absolute Gasteiger partial charge is 0.272 e. The summed E-state index contributed by atoms with van der Waals surface area (Å²) in [6, 6.07) is 4.85. The van der Waals surface area contributed by atoms with Gasteiger partial charge in [-0.25, -0.2) is 13.8 Å². The molecule has 1 aromatic rings. The predicted octanol–water partition coefficient (Wildman–Crippen LogP) is 3.40. The Hall–Kier alpha value is -1.43. The second kappa shape index (κ2) is 9.59. The highest BCUT2D eigenvalue weighted by molar-refractivity contribution is 6.39. The SMILES string of the molecule is CC.[B]C([B])(c1cccc(C(=O)N2CCC(F)(F)C2)n1)N1CCC(C(C)C)CC1. The summed E-state index contributed by atoms with van der Waals surface area (Å²) in [5, 5.41) is -1.30. The lowest BCUT2D eigenvalue weighted by Gasteiger charge is -2.44. The van der Waals surface area contributed by atoms with Gasteiger partial charge in [0.15, 0.2) is 0 Å². The lowest BCUT2D eigenvalue weighted by atomic mass is 9.58. The van der Waals surface area contributed by atoms with E-state index in [9.17, 15) is 13.6 Å². The number of aromatic nitrogens is 1. The van der Waals surface area contributed by atoms with Crippen LogP contribution in [0.3, 0.4) is 0 Å². The number of piperidine rings is 1. The zero-order valence-electron chi connectivity index (χ0n) is 18.0. The molecule has 156 valence electrons. The van der Waals surface area contributed by atoms with Gasteiger partial charge in [0.25, 0.3) is 11.8 Å². The van der Waals surface area contributed by atoms with Crippen LogP contribution in [0.1, 0.15) is 63.1 Å². The van der Waals surface area contributed by atoms with Gasteiger partial charge in [0.1, 0.15) is 5.69 Å². The average Bonchev–Trinajstić information content (AvgIpc) is 3.08. The lowest BCUT2D eigenvalue weighted by molar-refractivity contribution is 0.0119. The van der Waals surface area contributed by atoms with Crippen molar-refractivity contribution < 1.29 is 13.6 Å². The number of nitrogens with zero attached hydrogens (tertiary/aromatic N) is 3. The number of alkyl halides is 2. The van der Waals surface area contributed by atoms with Crippen molar-refractivity contribution in [1.82, 2.24) is 14.8 Å². The summed E-state index contributed by atoms with van der Waals surface area (Å²) >= 11 is 0. The zero-order valence-corrected chi connectivity index (χ0v) is 18.0. The first-order valence-electron chi connectivity index (χ1n) is 10.6. The van der Waals surface area contributed by atoms with E-state index in [0.717, 1.165) is 30.8 Å². The second-order valence-corrected chi connectivity index (χ2v) is 8.13. The molecule has 4 nitrogen and oxygen atoms in total. The molecule has 0 aromatic carbocycles. The van der Waals surface area contributed by atoms with Crippen LogP contribution in [-0.4, -0.2) is 68.5 Å². The first-order valence-corrected chi connectivity index (χ1v) is 10.6. The van der Waals surface area contributed by atoms with Gasteiger partial charge in [-0.3, -0.25) is 4.79 Å². The maximum atomic E-state index is 13.4. The molecule has 2 fully saturated rings. The van der Waals surface area contributed by atoms with Crippen LogP contribution < -0.4 is 0 Å². The number of hydrogen-bond acceptors (Lipinski definition) is 3. The molecule has 2 aliphatic rings. The van der Waals surface area contributed by atoms with E-state index in [1.807, 2.05) is 18.7 Å². The number of halogens is 2. The zero-order chi connectivity index (χ0) is 21.8. The highest BCUT2D eigenvalue weighted by Crippen LogP contribution is 2.31. The van der Waals surface area contributed by atoms with Gasteiger partial charge >= 0.3 is 0 Å². The van der Waals surface area contributed by atoms with Crippen LogP contribution in [0.4, 0.5) is 8.78 Å². The van der Waals surface area contributed by atoms with Crippen molar-refractivity contribution in [3.63, 3.8) is 0 Å². The highest BCUT2D eigenvalue weighted by atomic mass is 19.3. The normalized spacial score (nSPS) is 20.4. The molecule has 0 unspecified atom stereocenters. The van der Waals surface area contributed by atoms with Crippen LogP contribution in [0, 0.1) is 11.8 Å². The molecule has 8 heteroatoms. The molecule has 1 amide bonds. The maximum absolute atomic E-state index is 13.4. The Morgan fingerprint density at radius 3 is 2.34 bits per heavy atom. The number of carbonyl (C=O) groups is 1. The fraction of sp³-hybridized carbons (Fsp3) is 0.714. The van der Waals surface area contributed by atoms with E-state index in [2.05, 4.69) is 18.8 Å². The molecule has 1 aromatic heterocycles. The third kappa shape index (κ3) is 5.59. The number of carbonyl (C=O) groups excluding carboxylic acids is 1. The summed E-state index contributed by atoms with van der Waals surface area (Å²) in [4.78, 5) is 20.0.